The molecule has 0 aliphatic heterocycles. The number of nitrogens with zero attached hydrogens (tertiary/aromatic N) is 2. The van der Waals surface area contributed by atoms with E-state index in [1.165, 1.54) is 31.4 Å². The molecule has 0 amide bonds. The van der Waals surface area contributed by atoms with E-state index in [1.807, 2.05) is 0 Å². The molecule has 11 heteroatoms. The van der Waals surface area contributed by atoms with Gasteiger partial charge in [0, 0.05) is 17.9 Å². The van der Waals surface area contributed by atoms with E-state index in [1.54, 1.807) is 0 Å². The molecule has 5 nitrogen and oxygen atoms in total. The first-order chi connectivity index (χ1) is 13.4. The lowest BCUT2D eigenvalue weighted by atomic mass is 10.1. The Labute approximate surface area is 168 Å². The largest absolute Gasteiger partial charge is 0.495 e. The molecule has 154 valence electrons. The van der Waals surface area contributed by atoms with Gasteiger partial charge >= 0.3 is 6.18 Å². The van der Waals surface area contributed by atoms with E-state index in [9.17, 15) is 26.0 Å². The van der Waals surface area contributed by atoms with E-state index in [2.05, 4.69) is 5.10 Å². The summed E-state index contributed by atoms with van der Waals surface area (Å²) in [5, 5.41) is 3.69. The van der Waals surface area contributed by atoms with Crippen LogP contribution in [0.2, 0.25) is 5.02 Å². The molecule has 0 unspecified atom stereocenters. The van der Waals surface area contributed by atoms with Gasteiger partial charge in [0.2, 0.25) is 0 Å². The summed E-state index contributed by atoms with van der Waals surface area (Å²) < 4.78 is 83.1. The first kappa shape index (κ1) is 21.1. The van der Waals surface area contributed by atoms with Crippen LogP contribution in [-0.2, 0) is 16.0 Å². The van der Waals surface area contributed by atoms with Gasteiger partial charge in [-0.2, -0.15) is 18.3 Å². The standard InChI is InChI=1S/C18H13ClF4N2O3S/c1-28-15-5-3-10(7-12(15)19)14-9-17(18(21,22)23)24-25(14)11-4-6-16(13(20)8-11)29(2,26)27/h3-9H,1-2H3. The second-order valence-corrected chi connectivity index (χ2v) is 8.45. The molecule has 1 aromatic heterocycles. The molecule has 2 aromatic carbocycles. The number of alkyl halides is 3. The molecule has 0 spiro atoms. The maximum atomic E-state index is 14.3. The molecule has 0 N–H and O–H groups in total. The maximum absolute atomic E-state index is 14.3. The second-order valence-electron chi connectivity index (χ2n) is 6.06. The monoisotopic (exact) mass is 448 g/mol. The number of halogens is 5. The summed E-state index contributed by atoms with van der Waals surface area (Å²) in [6.45, 7) is 0. The van der Waals surface area contributed by atoms with Crippen LogP contribution in [0.1, 0.15) is 5.69 Å². The number of hydrogen-bond acceptors (Lipinski definition) is 4. The van der Waals surface area contributed by atoms with Crippen molar-refractivity contribution < 1.29 is 30.7 Å². The Bertz CT molecular complexity index is 1190. The minimum absolute atomic E-state index is 0.0200. The Hall–Kier alpha value is -2.59. The molecule has 0 atom stereocenters. The molecule has 29 heavy (non-hydrogen) atoms. The summed E-state index contributed by atoms with van der Waals surface area (Å²) in [6, 6.07) is 8.06. The third-order valence-electron chi connectivity index (χ3n) is 4.01. The van der Waals surface area contributed by atoms with Gasteiger partial charge in [-0.05, 0) is 36.4 Å². The van der Waals surface area contributed by atoms with Crippen LogP contribution in [0.4, 0.5) is 17.6 Å². The smallest absolute Gasteiger partial charge is 0.435 e. The highest BCUT2D eigenvalue weighted by Crippen LogP contribution is 2.36. The van der Waals surface area contributed by atoms with E-state index in [0.717, 1.165) is 29.1 Å². The summed E-state index contributed by atoms with van der Waals surface area (Å²) >= 11 is 6.07. The zero-order chi connectivity index (χ0) is 21.6. The minimum atomic E-state index is -4.75. The number of methoxy groups -OCH3 is 1. The van der Waals surface area contributed by atoms with Crippen LogP contribution in [0.15, 0.2) is 47.4 Å². The minimum Gasteiger partial charge on any atom is -0.495 e. The topological polar surface area (TPSA) is 61.2 Å². The zero-order valence-electron chi connectivity index (χ0n) is 15.0. The second kappa shape index (κ2) is 7.34. The van der Waals surface area contributed by atoms with Gasteiger partial charge < -0.3 is 4.74 Å². The number of sulfone groups is 1. The molecule has 1 heterocycles. The van der Waals surface area contributed by atoms with Crippen LogP contribution in [0.25, 0.3) is 16.9 Å². The summed E-state index contributed by atoms with van der Waals surface area (Å²) in [7, 11) is -2.45. The number of ether oxygens (including phenoxy) is 1. The molecule has 0 aliphatic rings. The highest BCUT2D eigenvalue weighted by atomic mass is 35.5. The summed E-state index contributed by atoms with van der Waals surface area (Å²) in [6.07, 6.45) is -3.92. The summed E-state index contributed by atoms with van der Waals surface area (Å²) in [5.74, 6) is -0.783. The molecule has 0 saturated carbocycles. The lowest BCUT2D eigenvalue weighted by Crippen LogP contribution is -2.08. The van der Waals surface area contributed by atoms with E-state index in [4.69, 9.17) is 16.3 Å². The van der Waals surface area contributed by atoms with Gasteiger partial charge in [0.05, 0.1) is 23.5 Å². The molecule has 0 saturated heterocycles. The Kier molecular flexibility index (Phi) is 5.35. The zero-order valence-corrected chi connectivity index (χ0v) is 16.5. The van der Waals surface area contributed by atoms with Crippen molar-refractivity contribution >= 4 is 21.4 Å². The molecular formula is C18H13ClF4N2O3S. The van der Waals surface area contributed by atoms with Gasteiger partial charge in [-0.1, -0.05) is 11.6 Å². The van der Waals surface area contributed by atoms with Crippen molar-refractivity contribution in [2.45, 2.75) is 11.1 Å². The van der Waals surface area contributed by atoms with E-state index >= 15 is 0 Å². The van der Waals surface area contributed by atoms with Gasteiger partial charge in [-0.25, -0.2) is 17.5 Å². The Morgan fingerprint density at radius 3 is 2.31 bits per heavy atom. The summed E-state index contributed by atoms with van der Waals surface area (Å²) in [5.41, 5.74) is -1.04. The fraction of sp³-hybridized carbons (Fsp3) is 0.167. The molecule has 0 fully saturated rings. The first-order valence-corrected chi connectivity index (χ1v) is 10.2. The Morgan fingerprint density at radius 2 is 1.79 bits per heavy atom. The van der Waals surface area contributed by atoms with Gasteiger partial charge in [0.25, 0.3) is 0 Å². The van der Waals surface area contributed by atoms with Crippen molar-refractivity contribution in [2.75, 3.05) is 13.4 Å². The van der Waals surface area contributed by atoms with Crippen molar-refractivity contribution in [3.05, 3.63) is 59.0 Å². The number of aromatic nitrogens is 2. The fourth-order valence-electron chi connectivity index (χ4n) is 2.67. The van der Waals surface area contributed by atoms with Crippen LogP contribution in [-0.4, -0.2) is 31.6 Å². The van der Waals surface area contributed by atoms with Crippen LogP contribution < -0.4 is 4.74 Å². The van der Waals surface area contributed by atoms with E-state index in [0.29, 0.717) is 5.75 Å². The highest BCUT2D eigenvalue weighted by Gasteiger charge is 2.35. The molecule has 0 bridgehead atoms. The molecule has 3 rings (SSSR count). The molecule has 0 radical (unpaired) electrons. The first-order valence-electron chi connectivity index (χ1n) is 7.93. The van der Waals surface area contributed by atoms with Gasteiger partial charge in [0.15, 0.2) is 15.5 Å². The third-order valence-corrected chi connectivity index (χ3v) is 5.43. The molecular weight excluding hydrogens is 436 g/mol. The van der Waals surface area contributed by atoms with Gasteiger partial charge in [-0.15, -0.1) is 0 Å². The molecule has 0 aliphatic carbocycles. The Balaban J connectivity index is 2.22. The van der Waals surface area contributed by atoms with Crippen LogP contribution >= 0.6 is 11.6 Å². The van der Waals surface area contributed by atoms with Crippen molar-refractivity contribution in [1.82, 2.24) is 9.78 Å². The van der Waals surface area contributed by atoms with E-state index < -0.39 is 32.4 Å². The SMILES string of the molecule is COc1ccc(-c2cc(C(F)(F)F)nn2-c2ccc(S(C)(=O)=O)c(F)c2)cc1Cl. The lowest BCUT2D eigenvalue weighted by molar-refractivity contribution is -0.141. The normalized spacial score (nSPS) is 12.2. The highest BCUT2D eigenvalue weighted by molar-refractivity contribution is 7.90. The van der Waals surface area contributed by atoms with Crippen molar-refractivity contribution in [3.63, 3.8) is 0 Å². The van der Waals surface area contributed by atoms with Crippen LogP contribution in [0.3, 0.4) is 0 Å². The van der Waals surface area contributed by atoms with Crippen molar-refractivity contribution in [2.24, 2.45) is 0 Å². The van der Waals surface area contributed by atoms with E-state index in [-0.39, 0.29) is 22.0 Å². The number of benzene rings is 2. The Morgan fingerprint density at radius 1 is 1.10 bits per heavy atom. The quantitative estimate of drug-likeness (QED) is 0.540. The lowest BCUT2D eigenvalue weighted by Gasteiger charge is -2.11. The van der Waals surface area contributed by atoms with Crippen LogP contribution in [0, 0.1) is 5.82 Å². The predicted molar refractivity (Wildman–Crippen MR) is 98.6 cm³/mol. The predicted octanol–water partition coefficient (Wildman–Crippen LogP) is 4.76. The number of hydrogen-bond donors (Lipinski definition) is 0. The fourth-order valence-corrected chi connectivity index (χ4v) is 3.66. The van der Waals surface area contributed by atoms with Crippen LogP contribution in [0.5, 0.6) is 5.75 Å². The average Bonchev–Trinajstić information content (AvgIpc) is 3.06. The molecule has 3 aromatic rings. The number of rotatable bonds is 4. The van der Waals surface area contributed by atoms with Crippen molar-refractivity contribution in [1.29, 1.82) is 0 Å². The summed E-state index contributed by atoms with van der Waals surface area (Å²) in [4.78, 5) is -0.571. The van der Waals surface area contributed by atoms with Crippen molar-refractivity contribution in [3.8, 4) is 22.7 Å². The van der Waals surface area contributed by atoms with Gasteiger partial charge in [0.1, 0.15) is 16.5 Å². The van der Waals surface area contributed by atoms with Gasteiger partial charge in [-0.3, -0.25) is 0 Å². The third kappa shape index (κ3) is 4.23. The maximum Gasteiger partial charge on any atom is 0.435 e. The average molecular weight is 449 g/mol.